The molecule has 0 spiro atoms. The van der Waals surface area contributed by atoms with Crippen LogP contribution in [-0.2, 0) is 35.5 Å². The van der Waals surface area contributed by atoms with Gasteiger partial charge in [-0.05, 0) is 0 Å². The summed E-state index contributed by atoms with van der Waals surface area (Å²) in [7, 11) is 0. The summed E-state index contributed by atoms with van der Waals surface area (Å²) >= 11 is -4.90. The summed E-state index contributed by atoms with van der Waals surface area (Å²) in [5.41, 5.74) is 10.1. The summed E-state index contributed by atoms with van der Waals surface area (Å²) in [4.78, 5) is 0. The van der Waals surface area contributed by atoms with Gasteiger partial charge in [-0.2, -0.15) is 0 Å². The molecule has 0 aliphatic heterocycles. The van der Waals surface area contributed by atoms with Crippen molar-refractivity contribution in [2.24, 2.45) is 11.3 Å². The average molecular weight is 745 g/mol. The van der Waals surface area contributed by atoms with Crippen molar-refractivity contribution in [3.63, 3.8) is 0 Å². The normalized spacial score (nSPS) is 16.4. The summed E-state index contributed by atoms with van der Waals surface area (Å²) in [6, 6.07) is 35.3. The van der Waals surface area contributed by atoms with Crippen LogP contribution < -0.4 is 9.81 Å². The Morgan fingerprint density at radius 2 is 1.13 bits per heavy atom. The molecule has 0 heterocycles. The van der Waals surface area contributed by atoms with Crippen LogP contribution in [0.5, 0.6) is 0 Å². The molecule has 0 fully saturated rings. The summed E-state index contributed by atoms with van der Waals surface area (Å²) in [6.07, 6.45) is 6.09. The zero-order valence-electron chi connectivity index (χ0n) is 30.1. The van der Waals surface area contributed by atoms with Gasteiger partial charge in [0.05, 0.1) is 0 Å². The number of allylic oxidation sites excluding steroid dienone is 4. The van der Waals surface area contributed by atoms with E-state index in [9.17, 15) is 0 Å². The predicted octanol–water partition coefficient (Wildman–Crippen LogP) is 10.6. The van der Waals surface area contributed by atoms with Crippen molar-refractivity contribution >= 4 is 38.8 Å². The molecule has 0 saturated heterocycles. The number of hydrogen-bond acceptors (Lipinski definition) is 0. The maximum atomic E-state index is 5.79. The van der Waals surface area contributed by atoms with Crippen LogP contribution in [0.3, 0.4) is 0 Å². The third-order valence-corrected chi connectivity index (χ3v) is 27.4. The fourth-order valence-electron chi connectivity index (χ4n) is 8.08. The monoisotopic (exact) mass is 742 g/mol. The van der Waals surface area contributed by atoms with Crippen LogP contribution in [0, 0.1) is 11.3 Å². The van der Waals surface area contributed by atoms with Crippen molar-refractivity contribution < 1.29 is 18.3 Å². The molecule has 1 unspecified atom stereocenters. The fourth-order valence-corrected chi connectivity index (χ4v) is 24.6. The third kappa shape index (κ3) is 5.98. The Balaban J connectivity index is 0.00000250. The molecule has 47 heavy (non-hydrogen) atoms. The maximum absolute atomic E-state index is 5.79. The van der Waals surface area contributed by atoms with Crippen LogP contribution in [0.2, 0.25) is 0 Å². The summed E-state index contributed by atoms with van der Waals surface area (Å²) < 4.78 is 11.7. The quantitative estimate of drug-likeness (QED) is 0.172. The second-order valence-corrected chi connectivity index (χ2v) is 29.8. The predicted molar refractivity (Wildman–Crippen MR) is 210 cm³/mol. The molecule has 0 nitrogen and oxygen atoms in total. The van der Waals surface area contributed by atoms with Crippen LogP contribution in [0.15, 0.2) is 112 Å². The van der Waals surface area contributed by atoms with E-state index in [1.165, 1.54) is 48.8 Å². The first-order valence-corrected chi connectivity index (χ1v) is 23.5. The van der Waals surface area contributed by atoms with Crippen molar-refractivity contribution in [3.05, 3.63) is 134 Å². The van der Waals surface area contributed by atoms with E-state index < -0.39 is 18.3 Å². The molecular formula is C44H54Cl2Zr. The van der Waals surface area contributed by atoms with Crippen molar-refractivity contribution in [2.75, 3.05) is 0 Å². The first-order chi connectivity index (χ1) is 20.9. The number of benzene rings is 4. The molecule has 3 heteroatoms. The van der Waals surface area contributed by atoms with Crippen LogP contribution in [0.4, 0.5) is 0 Å². The summed E-state index contributed by atoms with van der Waals surface area (Å²) in [5, 5.41) is 0. The number of rotatable bonds is 4. The van der Waals surface area contributed by atoms with Crippen LogP contribution in [0.1, 0.15) is 91.5 Å². The van der Waals surface area contributed by atoms with Crippen LogP contribution in [-0.4, -0.2) is 4.21 Å². The molecule has 0 radical (unpaired) electrons. The van der Waals surface area contributed by atoms with Gasteiger partial charge in [-0.1, -0.05) is 0 Å². The first kappa shape index (κ1) is 37.5. The SMILES string of the molecule is Cl.Cl.[CH2]=[Zr]([C]1=CC(C(C)(C)C)=CC1C)([c]1ccccc1)([c]1ccccc1)[c]1cc(C(C)(C)C)cc2c1Cc1ccc(C(C)(C)C)cc1-2. The van der Waals surface area contributed by atoms with Crippen LogP contribution in [0.25, 0.3) is 11.1 Å². The molecule has 4 aromatic carbocycles. The Kier molecular flexibility index (Phi) is 10.0. The first-order valence-electron chi connectivity index (χ1n) is 16.8. The molecular weight excluding hydrogens is 691 g/mol. The van der Waals surface area contributed by atoms with Crippen molar-refractivity contribution in [1.82, 2.24) is 0 Å². The molecule has 0 bridgehead atoms. The van der Waals surface area contributed by atoms with E-state index in [0.29, 0.717) is 5.92 Å². The van der Waals surface area contributed by atoms with Gasteiger partial charge >= 0.3 is 276 Å². The molecule has 0 N–H and O–H groups in total. The summed E-state index contributed by atoms with van der Waals surface area (Å²) in [5.74, 6) is 0.299. The van der Waals surface area contributed by atoms with Crippen molar-refractivity contribution in [1.29, 1.82) is 0 Å². The van der Waals surface area contributed by atoms with E-state index >= 15 is 0 Å². The Hall–Kier alpha value is -2.31. The standard InChI is InChI=1S/C21H25.C10H15.2C6H5.CH2.2ClH.Zr/c1-20(2,3)16-9-7-14-11-15-8-10-17(21(4,5)6)13-19(15)18(14)12-16;1-8-5-6-9(7-8)10(2,3)4;2*1-2-4-6-5-3-1;;;;/h7,9-10,12-13H,11H2,1-6H3;6-8H,1-4H3;2*1-5H;1H2;2*1H;. The average Bonchev–Trinajstić information content (AvgIpc) is 3.57. The number of halogens is 2. The molecule has 2 aliphatic carbocycles. The second kappa shape index (κ2) is 12.5. The Labute approximate surface area is 298 Å². The molecule has 1 atom stereocenters. The molecule has 0 saturated carbocycles. The molecule has 0 aromatic heterocycles. The van der Waals surface area contributed by atoms with Gasteiger partial charge in [0.15, 0.2) is 0 Å². The van der Waals surface area contributed by atoms with Crippen molar-refractivity contribution in [3.8, 4) is 11.1 Å². The van der Waals surface area contributed by atoms with E-state index in [0.717, 1.165) is 6.42 Å². The minimum atomic E-state index is -4.90. The topological polar surface area (TPSA) is 0 Å². The molecule has 248 valence electrons. The Bertz CT molecular complexity index is 1880. The van der Waals surface area contributed by atoms with E-state index in [1.807, 2.05) is 0 Å². The Morgan fingerprint density at radius 3 is 1.60 bits per heavy atom. The van der Waals surface area contributed by atoms with Gasteiger partial charge in [0.2, 0.25) is 0 Å². The molecule has 6 rings (SSSR count). The molecule has 2 aliphatic rings. The van der Waals surface area contributed by atoms with Gasteiger partial charge in [0.25, 0.3) is 0 Å². The van der Waals surface area contributed by atoms with Gasteiger partial charge < -0.3 is 0 Å². The Morgan fingerprint density at radius 1 is 0.617 bits per heavy atom. The van der Waals surface area contributed by atoms with Gasteiger partial charge in [0.1, 0.15) is 0 Å². The van der Waals surface area contributed by atoms with E-state index in [-0.39, 0.29) is 41.1 Å². The summed E-state index contributed by atoms with van der Waals surface area (Å²) in [6.45, 7) is 23.6. The van der Waals surface area contributed by atoms with E-state index in [2.05, 4.69) is 172 Å². The number of hydrogen-bond donors (Lipinski definition) is 0. The molecule has 0 amide bonds. The van der Waals surface area contributed by atoms with E-state index in [4.69, 9.17) is 4.21 Å². The zero-order valence-corrected chi connectivity index (χ0v) is 34.2. The van der Waals surface area contributed by atoms with Gasteiger partial charge in [0, 0.05) is 0 Å². The fraction of sp³-hybridized carbons (Fsp3) is 0.341. The van der Waals surface area contributed by atoms with Gasteiger partial charge in [-0.15, -0.1) is 24.8 Å². The van der Waals surface area contributed by atoms with Crippen LogP contribution >= 0.6 is 24.8 Å². The van der Waals surface area contributed by atoms with Gasteiger partial charge in [-0.25, -0.2) is 0 Å². The van der Waals surface area contributed by atoms with E-state index in [1.54, 1.807) is 3.28 Å². The zero-order chi connectivity index (χ0) is 32.6. The minimum absolute atomic E-state index is 0. The second-order valence-electron chi connectivity index (χ2n) is 17.0. The number of fused-ring (bicyclic) bond motifs is 3. The van der Waals surface area contributed by atoms with Gasteiger partial charge in [-0.3, -0.25) is 0 Å². The van der Waals surface area contributed by atoms with Crippen molar-refractivity contribution in [2.45, 2.75) is 86.5 Å². The third-order valence-electron chi connectivity index (χ3n) is 10.9. The molecule has 4 aromatic rings.